The van der Waals surface area contributed by atoms with Crippen LogP contribution in [0.25, 0.3) is 6.08 Å². The van der Waals surface area contributed by atoms with Gasteiger partial charge in [-0.1, -0.05) is 31.5 Å². The van der Waals surface area contributed by atoms with Crippen LogP contribution >= 0.6 is 15.9 Å². The number of amides is 1. The molecule has 1 aromatic carbocycles. The molecule has 8 heteroatoms. The fourth-order valence-electron chi connectivity index (χ4n) is 3.67. The molecule has 3 rings (SSSR count). The average Bonchev–Trinajstić information content (AvgIpc) is 2.83. The minimum absolute atomic E-state index is 0.0227. The van der Waals surface area contributed by atoms with Crippen LogP contribution in [0.4, 0.5) is 0 Å². The number of nitriles is 1. The van der Waals surface area contributed by atoms with Crippen LogP contribution in [0.1, 0.15) is 37.1 Å². The number of hydrogen-bond donors (Lipinski definition) is 2. The van der Waals surface area contributed by atoms with Gasteiger partial charge in [-0.05, 0) is 58.3 Å². The van der Waals surface area contributed by atoms with Crippen LogP contribution in [0.5, 0.6) is 5.75 Å². The number of hydrogen-bond acceptors (Lipinski definition) is 6. The van der Waals surface area contributed by atoms with Crippen molar-refractivity contribution in [3.63, 3.8) is 0 Å². The topological polar surface area (TPSA) is 90.3 Å². The molecule has 0 bridgehead atoms. The van der Waals surface area contributed by atoms with Crippen molar-refractivity contribution < 1.29 is 9.53 Å². The van der Waals surface area contributed by atoms with Crippen molar-refractivity contribution in [2.24, 2.45) is 0 Å². The Morgan fingerprint density at radius 2 is 2.06 bits per heavy atom. The number of ether oxygens (including phenoxy) is 1. The lowest BCUT2D eigenvalue weighted by molar-refractivity contribution is -0.117. The molecule has 0 radical (unpaired) electrons. The number of rotatable bonds is 10. The molecule has 33 heavy (non-hydrogen) atoms. The molecule has 1 atom stereocenters. The summed E-state index contributed by atoms with van der Waals surface area (Å²) in [4.78, 5) is 19.5. The number of halogens is 1. The molecule has 1 aromatic heterocycles. The Labute approximate surface area is 204 Å². The molecule has 2 N–H and O–H groups in total. The zero-order chi connectivity index (χ0) is 23.5. The fourth-order valence-corrected chi connectivity index (χ4v) is 4.03. The van der Waals surface area contributed by atoms with Gasteiger partial charge in [0.25, 0.3) is 5.91 Å². The summed E-state index contributed by atoms with van der Waals surface area (Å²) < 4.78 is 6.55. The number of nitrogens with one attached hydrogen (secondary N) is 2. The molecule has 1 amide bonds. The molecular weight excluding hydrogens is 482 g/mol. The quantitative estimate of drug-likeness (QED) is 0.287. The van der Waals surface area contributed by atoms with Crippen molar-refractivity contribution in [1.82, 2.24) is 20.5 Å². The number of nitrogens with zero attached hydrogens (tertiary/aromatic N) is 3. The predicted octanol–water partition coefficient (Wildman–Crippen LogP) is 3.69. The maximum absolute atomic E-state index is 12.8. The first kappa shape index (κ1) is 24.9. The molecule has 0 spiro atoms. The van der Waals surface area contributed by atoms with E-state index in [1.165, 1.54) is 6.08 Å². The number of pyridine rings is 1. The summed E-state index contributed by atoms with van der Waals surface area (Å²) in [6, 6.07) is 15.0. The molecule has 0 aliphatic carbocycles. The number of carbonyl (C=O) groups is 1. The van der Waals surface area contributed by atoms with Gasteiger partial charge in [-0.3, -0.25) is 9.69 Å². The zero-order valence-electron chi connectivity index (χ0n) is 18.9. The predicted molar refractivity (Wildman–Crippen MR) is 133 cm³/mol. The Morgan fingerprint density at radius 1 is 1.30 bits per heavy atom. The van der Waals surface area contributed by atoms with Crippen LogP contribution in [0.3, 0.4) is 0 Å². The van der Waals surface area contributed by atoms with E-state index in [4.69, 9.17) is 4.74 Å². The lowest BCUT2D eigenvalue weighted by Crippen LogP contribution is -2.44. The van der Waals surface area contributed by atoms with Gasteiger partial charge in [0.1, 0.15) is 28.6 Å². The van der Waals surface area contributed by atoms with Crippen LogP contribution in [-0.4, -0.2) is 55.1 Å². The maximum atomic E-state index is 12.8. The minimum atomic E-state index is -0.408. The van der Waals surface area contributed by atoms with Crippen LogP contribution in [-0.2, 0) is 4.79 Å². The summed E-state index contributed by atoms with van der Waals surface area (Å²) in [5.41, 5.74) is 1.55. The third kappa shape index (κ3) is 7.97. The maximum Gasteiger partial charge on any atom is 0.262 e. The van der Waals surface area contributed by atoms with Gasteiger partial charge in [0, 0.05) is 32.7 Å². The first-order valence-corrected chi connectivity index (χ1v) is 12.1. The molecule has 1 unspecified atom stereocenters. The van der Waals surface area contributed by atoms with Crippen LogP contribution in [0.2, 0.25) is 0 Å². The normalized spacial score (nSPS) is 15.5. The molecule has 1 aliphatic heterocycles. The summed E-state index contributed by atoms with van der Waals surface area (Å²) >= 11 is 3.31. The smallest absolute Gasteiger partial charge is 0.262 e. The molecule has 1 saturated heterocycles. The molecule has 1 fully saturated rings. The van der Waals surface area contributed by atoms with E-state index in [0.29, 0.717) is 16.9 Å². The SMILES string of the molecule is CCCC(NC(=O)/C(C#N)=C/c1cccc(Br)n1)c1ccc(OCCN2CCNCC2)cc1. The highest BCUT2D eigenvalue weighted by Gasteiger charge is 2.17. The highest BCUT2D eigenvalue weighted by atomic mass is 79.9. The molecule has 2 heterocycles. The van der Waals surface area contributed by atoms with E-state index in [1.807, 2.05) is 36.4 Å². The average molecular weight is 512 g/mol. The molecule has 7 nitrogen and oxygen atoms in total. The first-order chi connectivity index (χ1) is 16.1. The molecule has 2 aromatic rings. The van der Waals surface area contributed by atoms with Crippen LogP contribution < -0.4 is 15.4 Å². The number of carbonyl (C=O) groups excluding carboxylic acids is 1. The Hall–Kier alpha value is -2.73. The van der Waals surface area contributed by atoms with Gasteiger partial charge < -0.3 is 15.4 Å². The van der Waals surface area contributed by atoms with Gasteiger partial charge >= 0.3 is 0 Å². The van der Waals surface area contributed by atoms with Crippen molar-refractivity contribution in [3.05, 3.63) is 63.9 Å². The van der Waals surface area contributed by atoms with Gasteiger partial charge in [-0.2, -0.15) is 5.26 Å². The van der Waals surface area contributed by atoms with Gasteiger partial charge in [0.05, 0.1) is 11.7 Å². The van der Waals surface area contributed by atoms with Gasteiger partial charge in [0.15, 0.2) is 0 Å². The third-order valence-electron chi connectivity index (χ3n) is 5.44. The summed E-state index contributed by atoms with van der Waals surface area (Å²) in [6.07, 6.45) is 3.16. The van der Waals surface area contributed by atoms with Crippen LogP contribution in [0.15, 0.2) is 52.6 Å². The van der Waals surface area contributed by atoms with E-state index in [2.05, 4.69) is 43.4 Å². The second-order valence-corrected chi connectivity index (χ2v) is 8.69. The van der Waals surface area contributed by atoms with Crippen molar-refractivity contribution in [2.75, 3.05) is 39.3 Å². The lowest BCUT2D eigenvalue weighted by Gasteiger charge is -2.27. The monoisotopic (exact) mass is 511 g/mol. The molecule has 174 valence electrons. The van der Waals surface area contributed by atoms with E-state index in [0.717, 1.165) is 56.9 Å². The number of piperazine rings is 1. The Bertz CT molecular complexity index is 981. The molecule has 0 saturated carbocycles. The van der Waals surface area contributed by atoms with Crippen molar-refractivity contribution in [1.29, 1.82) is 5.26 Å². The van der Waals surface area contributed by atoms with E-state index in [9.17, 15) is 10.1 Å². The Balaban J connectivity index is 1.60. The Morgan fingerprint density at radius 3 is 2.73 bits per heavy atom. The fraction of sp³-hybridized carbons (Fsp3) is 0.400. The Kier molecular flexibility index (Phi) is 9.88. The van der Waals surface area contributed by atoms with E-state index < -0.39 is 5.91 Å². The highest BCUT2D eigenvalue weighted by Crippen LogP contribution is 2.22. The second kappa shape index (κ2) is 13.1. The number of benzene rings is 1. The lowest BCUT2D eigenvalue weighted by atomic mass is 10.0. The van der Waals surface area contributed by atoms with E-state index >= 15 is 0 Å². The summed E-state index contributed by atoms with van der Waals surface area (Å²) in [7, 11) is 0. The first-order valence-electron chi connectivity index (χ1n) is 11.3. The number of aromatic nitrogens is 1. The van der Waals surface area contributed by atoms with Gasteiger partial charge in [-0.15, -0.1) is 0 Å². The molecular formula is C25H30BrN5O2. The standard InChI is InChI=1S/C25H30BrN5O2/c1-2-4-23(30-25(32)20(18-27)17-21-5-3-6-24(26)29-21)19-7-9-22(10-8-19)33-16-15-31-13-11-28-12-14-31/h3,5-10,17,23,28H,2,4,11-16H2,1H3,(H,30,32)/b20-17+. The summed E-state index contributed by atoms with van der Waals surface area (Å²) in [5.74, 6) is 0.405. The zero-order valence-corrected chi connectivity index (χ0v) is 20.5. The molecule has 1 aliphatic rings. The van der Waals surface area contributed by atoms with E-state index in [-0.39, 0.29) is 11.6 Å². The highest BCUT2D eigenvalue weighted by molar-refractivity contribution is 9.10. The summed E-state index contributed by atoms with van der Waals surface area (Å²) in [5, 5.41) is 15.9. The summed E-state index contributed by atoms with van der Waals surface area (Å²) in [6.45, 7) is 7.79. The van der Waals surface area contributed by atoms with Gasteiger partial charge in [0.2, 0.25) is 0 Å². The van der Waals surface area contributed by atoms with Crippen molar-refractivity contribution >= 4 is 27.9 Å². The minimum Gasteiger partial charge on any atom is -0.492 e. The second-order valence-electron chi connectivity index (χ2n) is 7.88. The largest absolute Gasteiger partial charge is 0.492 e. The van der Waals surface area contributed by atoms with E-state index in [1.54, 1.807) is 12.1 Å². The third-order valence-corrected chi connectivity index (χ3v) is 5.89. The van der Waals surface area contributed by atoms with Crippen molar-refractivity contribution in [2.45, 2.75) is 25.8 Å². The van der Waals surface area contributed by atoms with Gasteiger partial charge in [-0.25, -0.2) is 4.98 Å². The van der Waals surface area contributed by atoms with Crippen LogP contribution in [0, 0.1) is 11.3 Å². The van der Waals surface area contributed by atoms with Crippen molar-refractivity contribution in [3.8, 4) is 11.8 Å².